The molecule has 0 aliphatic rings. The van der Waals surface area contributed by atoms with E-state index in [1.807, 2.05) is 0 Å². The molecule has 0 heterocycles. The van der Waals surface area contributed by atoms with Crippen LogP contribution in [0.15, 0.2) is 0 Å². The van der Waals surface area contributed by atoms with Gasteiger partial charge in [-0.05, 0) is 27.7 Å². The lowest BCUT2D eigenvalue weighted by atomic mass is 10.6. The van der Waals surface area contributed by atoms with Crippen LogP contribution in [0.4, 0.5) is 0 Å². The average Bonchev–Trinajstić information content (AvgIpc) is 1.25. The average molecular weight is 146 g/mol. The Morgan fingerprint density at radius 1 is 0.778 bits per heavy atom. The van der Waals surface area contributed by atoms with Crippen LogP contribution in [-0.4, -0.2) is 28.9 Å². The van der Waals surface area contributed by atoms with Crippen LogP contribution in [-0.2, 0) is 9.59 Å². The van der Waals surface area contributed by atoms with E-state index in [1.165, 1.54) is 27.7 Å². The molecule has 2 nitrogen and oxygen atoms in total. The molecule has 0 spiro atoms. The molecule has 0 aromatic rings. The third-order valence-corrected chi connectivity index (χ3v) is 0. The van der Waals surface area contributed by atoms with Gasteiger partial charge in [0.2, 0.25) is 0 Å². The van der Waals surface area contributed by atoms with E-state index in [1.54, 1.807) is 0 Å². The van der Waals surface area contributed by atoms with Crippen LogP contribution in [0.3, 0.4) is 0 Å². The first-order valence-electron chi connectivity index (χ1n) is 2.41. The molecule has 0 saturated carbocycles. The summed E-state index contributed by atoms with van der Waals surface area (Å²) in [6.45, 7) is 6.11. The summed E-state index contributed by atoms with van der Waals surface area (Å²) in [4.78, 5) is 18.9. The molecule has 0 amide bonds. The number of carbonyl (C=O) groups is 2. The van der Waals surface area contributed by atoms with Gasteiger partial charge in [0, 0.05) is 0 Å². The second-order valence-corrected chi connectivity index (χ2v) is 1.82. The van der Waals surface area contributed by atoms with E-state index in [4.69, 9.17) is 0 Å². The molecule has 0 rings (SSSR count). The summed E-state index contributed by atoms with van der Waals surface area (Å²) >= 11 is 0. The highest BCUT2D eigenvalue weighted by Crippen LogP contribution is 1.50. The zero-order chi connectivity index (χ0) is 7.15. The van der Waals surface area contributed by atoms with Crippen LogP contribution in [0.25, 0.3) is 0 Å². The second kappa shape index (κ2) is 10.8. The summed E-state index contributed by atoms with van der Waals surface area (Å²) in [5.41, 5.74) is 0. The normalized spacial score (nSPS) is 5.78. The molecule has 0 atom stereocenters. The Hall–Kier alpha value is -0.128. The van der Waals surface area contributed by atoms with Gasteiger partial charge in [-0.2, -0.15) is 0 Å². The quantitative estimate of drug-likeness (QED) is 0.451. The lowest BCUT2D eigenvalue weighted by Crippen LogP contribution is -1.69. The van der Waals surface area contributed by atoms with Crippen molar-refractivity contribution in [2.45, 2.75) is 27.7 Å². The van der Waals surface area contributed by atoms with Crippen molar-refractivity contribution in [3.8, 4) is 0 Å². The largest absolute Gasteiger partial charge is 0.300 e. The Kier molecular flexibility index (Phi) is 19.1. The zero-order valence-electron chi connectivity index (χ0n) is 5.82. The Morgan fingerprint density at radius 2 is 0.778 bits per heavy atom. The number of hydrogen-bond donors (Lipinski definition) is 0. The summed E-state index contributed by atoms with van der Waals surface area (Å²) in [6, 6.07) is 0. The van der Waals surface area contributed by atoms with E-state index < -0.39 is 0 Å². The van der Waals surface area contributed by atoms with Crippen molar-refractivity contribution in [2.24, 2.45) is 0 Å². The van der Waals surface area contributed by atoms with Gasteiger partial charge >= 0.3 is 0 Å². The van der Waals surface area contributed by atoms with Crippen molar-refractivity contribution < 1.29 is 9.59 Å². The van der Waals surface area contributed by atoms with Gasteiger partial charge < -0.3 is 9.59 Å². The minimum absolute atomic E-state index is 0. The fourth-order valence-electron chi connectivity index (χ4n) is 0. The molecule has 9 heavy (non-hydrogen) atoms. The van der Waals surface area contributed by atoms with Crippen LogP contribution < -0.4 is 0 Å². The third-order valence-electron chi connectivity index (χ3n) is 0. The predicted molar refractivity (Wildman–Crippen MR) is 42.6 cm³/mol. The van der Waals surface area contributed by atoms with Crippen LogP contribution in [0.2, 0.25) is 0 Å². The standard InChI is InChI=1S/2C3H6O.Al.3H/c2*1-3(2)4;;;;/h2*1-2H3;;;;. The molecule has 0 saturated heterocycles. The first kappa shape index (κ1) is 15.9. The maximum absolute atomic E-state index is 9.44. The first-order chi connectivity index (χ1) is 3.46. The minimum atomic E-state index is 0. The maximum atomic E-state index is 9.44. The number of Topliss-reactive ketones (excluding diaryl/α,β-unsaturated/α-hetero) is 2. The highest BCUT2D eigenvalue weighted by Gasteiger charge is 1.62. The summed E-state index contributed by atoms with van der Waals surface area (Å²) < 4.78 is 0. The molecule has 3 heteroatoms. The topological polar surface area (TPSA) is 34.1 Å². The fraction of sp³-hybridized carbons (Fsp3) is 0.667. The lowest BCUT2D eigenvalue weighted by Gasteiger charge is -1.56. The van der Waals surface area contributed by atoms with E-state index in [0.717, 1.165) is 0 Å². The lowest BCUT2D eigenvalue weighted by molar-refractivity contribution is -0.115. The summed E-state index contributed by atoms with van der Waals surface area (Å²) in [6.07, 6.45) is 0. The monoisotopic (exact) mass is 146 g/mol. The zero-order valence-corrected chi connectivity index (χ0v) is 5.82. The Morgan fingerprint density at radius 3 is 0.778 bits per heavy atom. The molecule has 0 unspecified atom stereocenters. The Bertz CT molecular complexity index is 69.1. The smallest absolute Gasteiger partial charge is 0.187 e. The van der Waals surface area contributed by atoms with Gasteiger partial charge in [-0.25, -0.2) is 0 Å². The Balaban J connectivity index is -0.0000000720. The van der Waals surface area contributed by atoms with Crippen molar-refractivity contribution in [1.82, 2.24) is 0 Å². The van der Waals surface area contributed by atoms with Gasteiger partial charge in [0.1, 0.15) is 11.6 Å². The van der Waals surface area contributed by atoms with Gasteiger partial charge in [0.25, 0.3) is 0 Å². The minimum Gasteiger partial charge on any atom is -0.300 e. The molecule has 0 aromatic heterocycles. The number of rotatable bonds is 0. The van der Waals surface area contributed by atoms with Crippen molar-refractivity contribution in [2.75, 3.05) is 0 Å². The van der Waals surface area contributed by atoms with Crippen molar-refractivity contribution in [3.05, 3.63) is 0 Å². The van der Waals surface area contributed by atoms with Crippen LogP contribution in [0.5, 0.6) is 0 Å². The molecule has 0 N–H and O–H groups in total. The highest BCUT2D eigenvalue weighted by atomic mass is 27.0. The number of hydrogen-bond acceptors (Lipinski definition) is 2. The van der Waals surface area contributed by atoms with Crippen molar-refractivity contribution in [3.63, 3.8) is 0 Å². The van der Waals surface area contributed by atoms with Gasteiger partial charge in [-0.1, -0.05) is 0 Å². The van der Waals surface area contributed by atoms with Gasteiger partial charge in [0.15, 0.2) is 17.4 Å². The molecular weight excluding hydrogens is 131 g/mol. The molecule has 0 aromatic carbocycles. The number of ketones is 2. The summed E-state index contributed by atoms with van der Waals surface area (Å²) in [5, 5.41) is 0. The van der Waals surface area contributed by atoms with E-state index in [2.05, 4.69) is 0 Å². The molecule has 0 fully saturated rings. The molecular formula is C6H15AlO2. The third kappa shape index (κ3) is 16700. The maximum Gasteiger partial charge on any atom is 0.187 e. The molecule has 0 radical (unpaired) electrons. The highest BCUT2D eigenvalue weighted by molar-refractivity contribution is 5.75. The SMILES string of the molecule is CC(C)=O.CC(C)=O.[AlH3]. The van der Waals surface area contributed by atoms with E-state index >= 15 is 0 Å². The van der Waals surface area contributed by atoms with Gasteiger partial charge in [-0.3, -0.25) is 0 Å². The van der Waals surface area contributed by atoms with Crippen LogP contribution >= 0.6 is 0 Å². The molecule has 0 aliphatic carbocycles. The molecule has 0 aliphatic heterocycles. The Labute approximate surface area is 66.8 Å². The second-order valence-electron chi connectivity index (χ2n) is 1.82. The summed E-state index contributed by atoms with van der Waals surface area (Å²) in [5.74, 6) is 0.333. The van der Waals surface area contributed by atoms with Crippen molar-refractivity contribution in [1.29, 1.82) is 0 Å². The van der Waals surface area contributed by atoms with Gasteiger partial charge in [0.05, 0.1) is 0 Å². The van der Waals surface area contributed by atoms with E-state index in [0.29, 0.717) is 0 Å². The predicted octanol–water partition coefficient (Wildman–Crippen LogP) is 0.00670. The molecule has 54 valence electrons. The van der Waals surface area contributed by atoms with E-state index in [-0.39, 0.29) is 28.9 Å². The van der Waals surface area contributed by atoms with Crippen LogP contribution in [0, 0.1) is 0 Å². The first-order valence-corrected chi connectivity index (χ1v) is 2.41. The number of carbonyl (C=O) groups excluding carboxylic acids is 2. The fourth-order valence-corrected chi connectivity index (χ4v) is 0. The van der Waals surface area contributed by atoms with Crippen molar-refractivity contribution >= 4 is 28.9 Å². The molecule has 0 bridgehead atoms. The summed E-state index contributed by atoms with van der Waals surface area (Å²) in [7, 11) is 0. The van der Waals surface area contributed by atoms with Crippen LogP contribution in [0.1, 0.15) is 27.7 Å². The van der Waals surface area contributed by atoms with E-state index in [9.17, 15) is 9.59 Å². The van der Waals surface area contributed by atoms with Gasteiger partial charge in [-0.15, -0.1) is 0 Å².